The summed E-state index contributed by atoms with van der Waals surface area (Å²) in [4.78, 5) is 0. The summed E-state index contributed by atoms with van der Waals surface area (Å²) in [7, 11) is 0. The van der Waals surface area contributed by atoms with Crippen molar-refractivity contribution < 1.29 is 0 Å². The molecule has 0 heteroatoms. The minimum absolute atomic E-state index is 1.05. The van der Waals surface area contributed by atoms with E-state index in [-0.39, 0.29) is 0 Å². The van der Waals surface area contributed by atoms with Gasteiger partial charge in [0.2, 0.25) is 0 Å². The van der Waals surface area contributed by atoms with Gasteiger partial charge < -0.3 is 0 Å². The van der Waals surface area contributed by atoms with E-state index in [0.29, 0.717) is 0 Å². The van der Waals surface area contributed by atoms with Crippen LogP contribution in [0.3, 0.4) is 0 Å². The lowest BCUT2D eigenvalue weighted by Crippen LogP contribution is -1.97. The third kappa shape index (κ3) is 3.59. The molecule has 0 fully saturated rings. The molecule has 2 aromatic rings. The summed E-state index contributed by atoms with van der Waals surface area (Å²) in [6.45, 7) is 4.42. The van der Waals surface area contributed by atoms with Gasteiger partial charge in [-0.1, -0.05) is 71.8 Å². The summed E-state index contributed by atoms with van der Waals surface area (Å²) in [6, 6.07) is 21.4. The molecular formula is C18H20. The molecule has 0 aliphatic heterocycles. The van der Waals surface area contributed by atoms with Gasteiger partial charge in [-0.3, -0.25) is 0 Å². The van der Waals surface area contributed by atoms with Crippen LogP contribution in [0, 0.1) is 0 Å². The Morgan fingerprint density at radius 1 is 0.667 bits per heavy atom. The summed E-state index contributed by atoms with van der Waals surface area (Å²) < 4.78 is 0. The number of allylic oxidation sites excluding steroid dienone is 2. The maximum Gasteiger partial charge on any atom is -0.00613 e. The molecular weight excluding hydrogens is 216 g/mol. The number of rotatable bonds is 4. The molecule has 18 heavy (non-hydrogen) atoms. The summed E-state index contributed by atoms with van der Waals surface area (Å²) >= 11 is 0. The maximum atomic E-state index is 2.21. The Bertz CT molecular complexity index is 459. The zero-order valence-electron chi connectivity index (χ0n) is 11.2. The molecule has 0 heterocycles. The first-order chi connectivity index (χ1) is 8.75. The third-order valence-electron chi connectivity index (χ3n) is 3.23. The van der Waals surface area contributed by atoms with Crippen LogP contribution in [0.5, 0.6) is 0 Å². The quantitative estimate of drug-likeness (QED) is 0.668. The molecule has 0 N–H and O–H groups in total. The number of benzene rings is 2. The zero-order chi connectivity index (χ0) is 12.8. The van der Waals surface area contributed by atoms with E-state index in [1.165, 1.54) is 22.3 Å². The normalized spacial score (nSPS) is 10.1. The van der Waals surface area contributed by atoms with Crippen LogP contribution in [0.4, 0.5) is 0 Å². The van der Waals surface area contributed by atoms with Crippen molar-refractivity contribution in [3.63, 3.8) is 0 Å². The van der Waals surface area contributed by atoms with E-state index in [1.807, 2.05) is 0 Å². The lowest BCUT2D eigenvalue weighted by molar-refractivity contribution is 0.995. The van der Waals surface area contributed by atoms with Gasteiger partial charge in [0.1, 0.15) is 0 Å². The fraction of sp³-hybridized carbons (Fsp3) is 0.222. The van der Waals surface area contributed by atoms with Crippen LogP contribution < -0.4 is 0 Å². The summed E-state index contributed by atoms with van der Waals surface area (Å²) in [5.74, 6) is 0. The predicted molar refractivity (Wildman–Crippen MR) is 78.7 cm³/mol. The molecule has 2 aromatic carbocycles. The highest BCUT2D eigenvalue weighted by molar-refractivity contribution is 5.29. The molecule has 0 aliphatic carbocycles. The second-order valence-corrected chi connectivity index (χ2v) is 4.93. The fourth-order valence-corrected chi connectivity index (χ4v) is 2.10. The predicted octanol–water partition coefficient (Wildman–Crippen LogP) is 4.81. The van der Waals surface area contributed by atoms with Crippen LogP contribution in [-0.4, -0.2) is 0 Å². The smallest absolute Gasteiger partial charge is 0.00613 e. The first-order valence-corrected chi connectivity index (χ1v) is 6.49. The molecule has 0 spiro atoms. The van der Waals surface area contributed by atoms with Crippen LogP contribution in [-0.2, 0) is 12.8 Å². The average molecular weight is 236 g/mol. The van der Waals surface area contributed by atoms with E-state index in [9.17, 15) is 0 Å². The van der Waals surface area contributed by atoms with E-state index in [1.54, 1.807) is 0 Å². The van der Waals surface area contributed by atoms with E-state index in [0.717, 1.165) is 12.8 Å². The van der Waals surface area contributed by atoms with Crippen molar-refractivity contribution in [2.24, 2.45) is 0 Å². The highest BCUT2D eigenvalue weighted by Crippen LogP contribution is 2.17. The third-order valence-corrected chi connectivity index (χ3v) is 3.23. The molecule has 2 rings (SSSR count). The van der Waals surface area contributed by atoms with E-state index in [2.05, 4.69) is 74.5 Å². The van der Waals surface area contributed by atoms with Gasteiger partial charge in [-0.2, -0.15) is 0 Å². The van der Waals surface area contributed by atoms with Gasteiger partial charge in [-0.05, 0) is 37.8 Å². The maximum absolute atomic E-state index is 2.21. The van der Waals surface area contributed by atoms with Crippen molar-refractivity contribution in [1.82, 2.24) is 0 Å². The monoisotopic (exact) mass is 236 g/mol. The SMILES string of the molecule is CC(C)=C(Cc1ccccc1)Cc1ccccc1. The largest absolute Gasteiger partial charge is 0.0766 e. The molecule has 0 nitrogen and oxygen atoms in total. The Morgan fingerprint density at radius 3 is 1.39 bits per heavy atom. The molecule has 0 aliphatic rings. The second kappa shape index (κ2) is 6.20. The van der Waals surface area contributed by atoms with Crippen LogP contribution >= 0.6 is 0 Å². The minimum Gasteiger partial charge on any atom is -0.0766 e. The van der Waals surface area contributed by atoms with Gasteiger partial charge in [0, 0.05) is 0 Å². The van der Waals surface area contributed by atoms with Crippen molar-refractivity contribution in [3.8, 4) is 0 Å². The molecule has 0 amide bonds. The Labute approximate surface area is 110 Å². The number of hydrogen-bond acceptors (Lipinski definition) is 0. The molecule has 0 radical (unpaired) electrons. The first-order valence-electron chi connectivity index (χ1n) is 6.49. The van der Waals surface area contributed by atoms with Gasteiger partial charge in [-0.25, -0.2) is 0 Å². The van der Waals surface area contributed by atoms with Crippen molar-refractivity contribution >= 4 is 0 Å². The molecule has 92 valence electrons. The molecule has 0 bridgehead atoms. The molecule has 0 unspecified atom stereocenters. The summed E-state index contributed by atoms with van der Waals surface area (Å²) in [6.07, 6.45) is 2.11. The van der Waals surface area contributed by atoms with Crippen LogP contribution in [0.15, 0.2) is 71.8 Å². The highest BCUT2D eigenvalue weighted by atomic mass is 14.1. The Balaban J connectivity index is 2.14. The Kier molecular flexibility index (Phi) is 4.35. The summed E-state index contributed by atoms with van der Waals surface area (Å²) in [5.41, 5.74) is 5.74. The van der Waals surface area contributed by atoms with E-state index >= 15 is 0 Å². The molecule has 0 atom stereocenters. The van der Waals surface area contributed by atoms with Crippen molar-refractivity contribution in [3.05, 3.63) is 82.9 Å². The van der Waals surface area contributed by atoms with E-state index in [4.69, 9.17) is 0 Å². The van der Waals surface area contributed by atoms with Crippen molar-refractivity contribution in [2.75, 3.05) is 0 Å². The van der Waals surface area contributed by atoms with Gasteiger partial charge >= 0.3 is 0 Å². The standard InChI is InChI=1S/C18H20/c1-15(2)18(13-16-9-5-3-6-10-16)14-17-11-7-4-8-12-17/h3-12H,13-14H2,1-2H3. The summed E-state index contributed by atoms with van der Waals surface area (Å²) in [5, 5.41) is 0. The van der Waals surface area contributed by atoms with Crippen LogP contribution in [0.2, 0.25) is 0 Å². The Hall–Kier alpha value is -1.82. The van der Waals surface area contributed by atoms with Gasteiger partial charge in [0.25, 0.3) is 0 Å². The average Bonchev–Trinajstić information content (AvgIpc) is 2.40. The lowest BCUT2D eigenvalue weighted by atomic mass is 9.95. The molecule has 0 aromatic heterocycles. The molecule has 0 saturated heterocycles. The first kappa shape index (κ1) is 12.6. The van der Waals surface area contributed by atoms with Crippen LogP contribution in [0.25, 0.3) is 0 Å². The second-order valence-electron chi connectivity index (χ2n) is 4.93. The van der Waals surface area contributed by atoms with Gasteiger partial charge in [0.15, 0.2) is 0 Å². The molecule has 0 saturated carbocycles. The zero-order valence-corrected chi connectivity index (χ0v) is 11.2. The minimum atomic E-state index is 1.05. The topological polar surface area (TPSA) is 0 Å². The number of hydrogen-bond donors (Lipinski definition) is 0. The lowest BCUT2D eigenvalue weighted by Gasteiger charge is -2.10. The highest BCUT2D eigenvalue weighted by Gasteiger charge is 2.03. The van der Waals surface area contributed by atoms with Crippen molar-refractivity contribution in [2.45, 2.75) is 26.7 Å². The van der Waals surface area contributed by atoms with Gasteiger partial charge in [0.05, 0.1) is 0 Å². The Morgan fingerprint density at radius 2 is 1.06 bits per heavy atom. The fourth-order valence-electron chi connectivity index (χ4n) is 2.10. The van der Waals surface area contributed by atoms with Crippen molar-refractivity contribution in [1.29, 1.82) is 0 Å². The van der Waals surface area contributed by atoms with Crippen LogP contribution in [0.1, 0.15) is 25.0 Å². The van der Waals surface area contributed by atoms with Gasteiger partial charge in [-0.15, -0.1) is 0 Å². The van der Waals surface area contributed by atoms with E-state index < -0.39 is 0 Å².